The SMILES string of the molecule is CC(N[P@](=O)(OC[C@@]1(F)O[C@@H](n2ccc(=O)[nH]c2=O)[C@](C)(O)[C@@H]1O)Oc1ccccc1)C(=O)OC1CCCCC1. The molecule has 0 radical (unpaired) electrons. The summed E-state index contributed by atoms with van der Waals surface area (Å²) in [7, 11) is -4.56. The number of aromatic nitrogens is 2. The molecule has 40 heavy (non-hydrogen) atoms. The topological polar surface area (TPSA) is 178 Å². The van der Waals surface area contributed by atoms with Crippen LogP contribution >= 0.6 is 7.75 Å². The highest BCUT2D eigenvalue weighted by atomic mass is 31.2. The van der Waals surface area contributed by atoms with Gasteiger partial charge in [0.15, 0.2) is 6.23 Å². The first-order valence-electron chi connectivity index (χ1n) is 12.9. The number of H-pyrrole nitrogens is 1. The average molecular weight is 586 g/mol. The molecule has 1 aromatic heterocycles. The second kappa shape index (κ2) is 11.9. The van der Waals surface area contributed by atoms with E-state index in [4.69, 9.17) is 18.5 Å². The number of hydrogen-bond acceptors (Lipinski definition) is 10. The van der Waals surface area contributed by atoms with E-state index in [2.05, 4.69) is 5.09 Å². The molecule has 1 aliphatic carbocycles. The van der Waals surface area contributed by atoms with Gasteiger partial charge in [0.05, 0.1) is 0 Å². The molecule has 1 saturated heterocycles. The number of carbonyl (C=O) groups is 1. The Kier molecular flexibility index (Phi) is 8.98. The number of aromatic amines is 1. The number of rotatable bonds is 10. The number of hydrogen-bond donors (Lipinski definition) is 4. The fourth-order valence-corrected chi connectivity index (χ4v) is 6.13. The number of ether oxygens (including phenoxy) is 2. The van der Waals surface area contributed by atoms with Crippen LogP contribution in [0.15, 0.2) is 52.2 Å². The minimum atomic E-state index is -4.56. The smallest absolute Gasteiger partial charge is 0.459 e. The predicted octanol–water partition coefficient (Wildman–Crippen LogP) is 1.90. The fourth-order valence-electron chi connectivity index (χ4n) is 4.63. The number of carbonyl (C=O) groups excluding carboxylic acids is 1. The van der Waals surface area contributed by atoms with E-state index in [0.29, 0.717) is 17.4 Å². The number of para-hydroxylation sites is 1. The lowest BCUT2D eigenvalue weighted by atomic mass is 9.95. The maximum atomic E-state index is 16.0. The van der Waals surface area contributed by atoms with Gasteiger partial charge >= 0.3 is 19.4 Å². The van der Waals surface area contributed by atoms with Crippen molar-refractivity contribution in [1.82, 2.24) is 14.6 Å². The van der Waals surface area contributed by atoms with Crippen LogP contribution in [-0.2, 0) is 23.4 Å². The molecule has 2 heterocycles. The van der Waals surface area contributed by atoms with Gasteiger partial charge in [0, 0.05) is 12.3 Å². The molecule has 0 amide bonds. The van der Waals surface area contributed by atoms with E-state index in [1.165, 1.54) is 19.1 Å². The molecule has 1 unspecified atom stereocenters. The van der Waals surface area contributed by atoms with Crippen LogP contribution in [0.3, 0.4) is 0 Å². The minimum absolute atomic E-state index is 0.0663. The number of alkyl halides is 1. The summed E-state index contributed by atoms with van der Waals surface area (Å²) >= 11 is 0. The molecule has 4 N–H and O–H groups in total. The van der Waals surface area contributed by atoms with Crippen molar-refractivity contribution in [1.29, 1.82) is 0 Å². The van der Waals surface area contributed by atoms with E-state index in [-0.39, 0.29) is 11.9 Å². The van der Waals surface area contributed by atoms with Crippen molar-refractivity contribution < 1.29 is 42.5 Å². The summed E-state index contributed by atoms with van der Waals surface area (Å²) < 4.78 is 52.0. The fraction of sp³-hybridized carbons (Fsp3) is 0.560. The van der Waals surface area contributed by atoms with Crippen LogP contribution in [0.2, 0.25) is 0 Å². The van der Waals surface area contributed by atoms with Gasteiger partial charge in [-0.1, -0.05) is 24.6 Å². The van der Waals surface area contributed by atoms with E-state index >= 15 is 4.39 Å². The molecule has 0 bridgehead atoms. The van der Waals surface area contributed by atoms with Crippen molar-refractivity contribution in [2.75, 3.05) is 6.61 Å². The Labute approximate surface area is 228 Å². The van der Waals surface area contributed by atoms with Crippen LogP contribution in [0.25, 0.3) is 0 Å². The second-order valence-electron chi connectivity index (χ2n) is 10.1. The van der Waals surface area contributed by atoms with Crippen molar-refractivity contribution in [3.05, 3.63) is 63.4 Å². The molecule has 220 valence electrons. The predicted molar refractivity (Wildman–Crippen MR) is 138 cm³/mol. The van der Waals surface area contributed by atoms with Crippen molar-refractivity contribution in [2.24, 2.45) is 0 Å². The lowest BCUT2D eigenvalue weighted by Gasteiger charge is -2.29. The van der Waals surface area contributed by atoms with Crippen LogP contribution in [0.1, 0.15) is 52.2 Å². The van der Waals surface area contributed by atoms with Gasteiger partial charge in [-0.15, -0.1) is 0 Å². The Balaban J connectivity index is 1.53. The summed E-state index contributed by atoms with van der Waals surface area (Å²) in [5.74, 6) is -3.84. The molecule has 1 aromatic carbocycles. The monoisotopic (exact) mass is 585 g/mol. The summed E-state index contributed by atoms with van der Waals surface area (Å²) in [4.78, 5) is 38.3. The third-order valence-corrected chi connectivity index (χ3v) is 8.44. The molecule has 0 spiro atoms. The number of esters is 1. The zero-order valence-electron chi connectivity index (χ0n) is 22.0. The lowest BCUT2D eigenvalue weighted by molar-refractivity contribution is -0.204. The van der Waals surface area contributed by atoms with E-state index in [1.807, 2.05) is 4.98 Å². The van der Waals surface area contributed by atoms with Crippen molar-refractivity contribution in [3.8, 4) is 5.75 Å². The van der Waals surface area contributed by atoms with E-state index in [9.17, 15) is 29.2 Å². The molecule has 2 fully saturated rings. The zero-order valence-corrected chi connectivity index (χ0v) is 22.9. The summed E-state index contributed by atoms with van der Waals surface area (Å²) in [5, 5.41) is 23.9. The highest BCUT2D eigenvalue weighted by Crippen LogP contribution is 2.50. The number of halogens is 1. The van der Waals surface area contributed by atoms with Gasteiger partial charge in [-0.3, -0.25) is 23.7 Å². The summed E-state index contributed by atoms with van der Waals surface area (Å²) in [5.41, 5.74) is -4.16. The van der Waals surface area contributed by atoms with Gasteiger partial charge in [0.1, 0.15) is 36.2 Å². The lowest BCUT2D eigenvalue weighted by Crippen LogP contribution is -2.50. The van der Waals surface area contributed by atoms with E-state index in [0.717, 1.165) is 38.4 Å². The van der Waals surface area contributed by atoms with Gasteiger partial charge in [-0.2, -0.15) is 5.09 Å². The highest BCUT2D eigenvalue weighted by molar-refractivity contribution is 7.52. The Morgan fingerprint density at radius 2 is 1.93 bits per heavy atom. The zero-order chi connectivity index (χ0) is 29.1. The summed E-state index contributed by atoms with van der Waals surface area (Å²) in [6.07, 6.45) is 0.925. The maximum Gasteiger partial charge on any atom is 0.459 e. The first kappa shape index (κ1) is 30.1. The molecule has 2 aliphatic rings. The largest absolute Gasteiger partial charge is 0.461 e. The molecule has 6 atom stereocenters. The van der Waals surface area contributed by atoms with Gasteiger partial charge < -0.3 is 24.2 Å². The number of nitrogens with zero attached hydrogens (tertiary/aromatic N) is 1. The van der Waals surface area contributed by atoms with Crippen LogP contribution in [0, 0.1) is 0 Å². The standard InChI is InChI=1S/C25H33FN3O10P/c1-16(20(31)37-17-9-5-3-6-10-17)28-40(35,39-18-11-7-4-8-12-18)36-15-25(26)21(32)24(2,34)22(38-25)29-14-13-19(30)27-23(29)33/h4,7-8,11-14,16-17,21-22,32,34H,3,5-6,9-10,15H2,1-2H3,(H,28,35)(H,27,30,33)/t16?,21-,22+,24+,25+,40-/m0/s1. The number of aliphatic hydroxyl groups is 2. The molecule has 13 nitrogen and oxygen atoms in total. The van der Waals surface area contributed by atoms with E-state index in [1.54, 1.807) is 18.2 Å². The minimum Gasteiger partial charge on any atom is -0.461 e. The molecule has 4 rings (SSSR count). The highest BCUT2D eigenvalue weighted by Gasteiger charge is 2.63. The third-order valence-electron chi connectivity index (χ3n) is 6.81. The third kappa shape index (κ3) is 6.70. The second-order valence-corrected chi connectivity index (χ2v) is 11.8. The Morgan fingerprint density at radius 3 is 2.58 bits per heavy atom. The Hall–Kier alpha value is -2.87. The maximum absolute atomic E-state index is 16.0. The van der Waals surface area contributed by atoms with Crippen molar-refractivity contribution >= 4 is 13.7 Å². The molecular weight excluding hydrogens is 552 g/mol. The molecule has 1 aliphatic heterocycles. The number of aliphatic hydroxyl groups excluding tert-OH is 1. The number of nitrogens with one attached hydrogen (secondary N) is 2. The summed E-state index contributed by atoms with van der Waals surface area (Å²) in [6.45, 7) is 1.15. The van der Waals surface area contributed by atoms with Crippen LogP contribution in [0.5, 0.6) is 5.75 Å². The average Bonchev–Trinajstić information content (AvgIpc) is 3.09. The summed E-state index contributed by atoms with van der Waals surface area (Å²) in [6, 6.07) is 7.51. The first-order chi connectivity index (χ1) is 18.8. The number of benzene rings is 1. The van der Waals surface area contributed by atoms with Crippen LogP contribution in [0.4, 0.5) is 4.39 Å². The van der Waals surface area contributed by atoms with Crippen molar-refractivity contribution in [2.45, 2.75) is 81.9 Å². The van der Waals surface area contributed by atoms with Gasteiger partial charge in [-0.05, 0) is 51.7 Å². The molecule has 15 heteroatoms. The van der Waals surface area contributed by atoms with Crippen LogP contribution < -0.4 is 20.9 Å². The molecule has 1 saturated carbocycles. The van der Waals surface area contributed by atoms with Gasteiger partial charge in [0.2, 0.25) is 0 Å². The normalized spacial score (nSPS) is 29.4. The first-order valence-corrected chi connectivity index (χ1v) is 14.4. The quantitative estimate of drug-likeness (QED) is 0.236. The Bertz CT molecular complexity index is 1350. The van der Waals surface area contributed by atoms with Crippen LogP contribution in [-0.4, -0.2) is 62.0 Å². The molecule has 2 aromatic rings. The molecular formula is C25H33FN3O10P. The van der Waals surface area contributed by atoms with Gasteiger partial charge in [-0.25, -0.2) is 13.8 Å². The Morgan fingerprint density at radius 1 is 1.25 bits per heavy atom. The van der Waals surface area contributed by atoms with Gasteiger partial charge in [0.25, 0.3) is 11.4 Å². The van der Waals surface area contributed by atoms with E-state index < -0.39 is 61.4 Å². The van der Waals surface area contributed by atoms with Crippen molar-refractivity contribution in [3.63, 3.8) is 0 Å².